The van der Waals surface area contributed by atoms with E-state index >= 15 is 0 Å². The van der Waals surface area contributed by atoms with E-state index in [2.05, 4.69) is 30.4 Å². The molecule has 9 nitrogen and oxygen atoms in total. The molecule has 0 radical (unpaired) electrons. The van der Waals surface area contributed by atoms with Crippen molar-refractivity contribution in [1.29, 1.82) is 0 Å². The lowest BCUT2D eigenvalue weighted by Crippen LogP contribution is -2.71. The molecular weight excluding hydrogens is 440 g/mol. The monoisotopic (exact) mass is 468 g/mol. The van der Waals surface area contributed by atoms with E-state index in [1.807, 2.05) is 0 Å². The van der Waals surface area contributed by atoms with E-state index in [1.54, 1.807) is 0 Å². The summed E-state index contributed by atoms with van der Waals surface area (Å²) in [5, 5.41) is 10.9. The molecule has 34 heavy (non-hydrogen) atoms. The zero-order valence-corrected chi connectivity index (χ0v) is 19.2. The number of rotatable bonds is 2. The van der Waals surface area contributed by atoms with Crippen LogP contribution in [-0.2, 0) is 23.8 Å². The van der Waals surface area contributed by atoms with Crippen molar-refractivity contribution in [1.82, 2.24) is 9.97 Å². The average molecular weight is 469 g/mol. The van der Waals surface area contributed by atoms with Crippen LogP contribution >= 0.6 is 0 Å². The molecule has 0 amide bonds. The Kier molecular flexibility index (Phi) is 4.46. The average Bonchev–Trinajstić information content (AvgIpc) is 3.23. The Hall–Kier alpha value is -2.65. The highest BCUT2D eigenvalue weighted by Crippen LogP contribution is 2.71. The highest BCUT2D eigenvalue weighted by Gasteiger charge is 2.81. The fraction of sp³-hybridized carbons (Fsp3) is 0.640. The van der Waals surface area contributed by atoms with Gasteiger partial charge in [-0.2, -0.15) is 0 Å². The summed E-state index contributed by atoms with van der Waals surface area (Å²) in [7, 11) is 0. The molecule has 5 aliphatic rings. The van der Waals surface area contributed by atoms with Gasteiger partial charge in [-0.25, -0.2) is 9.78 Å². The zero-order chi connectivity index (χ0) is 24.0. The number of carbonyl (C=O) groups excluding carboxylic acids is 3. The van der Waals surface area contributed by atoms with Crippen LogP contribution in [0.15, 0.2) is 30.7 Å². The largest absolute Gasteiger partial charge is 0.461 e. The number of ketones is 1. The summed E-state index contributed by atoms with van der Waals surface area (Å²) in [6.45, 7) is 8.36. The van der Waals surface area contributed by atoms with Crippen molar-refractivity contribution in [3.05, 3.63) is 36.4 Å². The van der Waals surface area contributed by atoms with Gasteiger partial charge in [-0.1, -0.05) is 20.4 Å². The molecule has 9 heteroatoms. The molecule has 1 aromatic heterocycles. The van der Waals surface area contributed by atoms with E-state index in [4.69, 9.17) is 14.2 Å². The van der Waals surface area contributed by atoms with Crippen LogP contribution in [0.4, 0.5) is 0 Å². The highest BCUT2D eigenvalue weighted by molar-refractivity contribution is 6.16. The summed E-state index contributed by atoms with van der Waals surface area (Å²) >= 11 is 0. The van der Waals surface area contributed by atoms with Gasteiger partial charge < -0.3 is 19.3 Å². The Balaban J connectivity index is 1.49. The molecule has 3 saturated carbocycles. The molecular formula is C25H28N2O7. The van der Waals surface area contributed by atoms with Crippen LogP contribution in [0.3, 0.4) is 0 Å². The SMILES string of the molecule is C=C1C(=O)C23C(=O)O[C@H]4CCC(C)(C)C5C(O)OCC54[C@@H]2CC[C@@H]1[C@H]3OC(=O)c1cnccn1. The third-order valence-corrected chi connectivity index (χ3v) is 9.35. The van der Waals surface area contributed by atoms with Crippen LogP contribution in [-0.4, -0.2) is 57.9 Å². The highest BCUT2D eigenvalue weighted by atomic mass is 16.6. The Morgan fingerprint density at radius 2 is 2.03 bits per heavy atom. The first-order valence-corrected chi connectivity index (χ1v) is 11.9. The second-order valence-electron chi connectivity index (χ2n) is 11.1. The quantitative estimate of drug-likeness (QED) is 0.393. The van der Waals surface area contributed by atoms with Crippen LogP contribution < -0.4 is 0 Å². The summed E-state index contributed by atoms with van der Waals surface area (Å²) in [6.07, 6.45) is 4.04. The predicted octanol–water partition coefficient (Wildman–Crippen LogP) is 1.85. The minimum Gasteiger partial charge on any atom is -0.461 e. The maximum atomic E-state index is 13.9. The lowest BCUT2D eigenvalue weighted by atomic mass is 9.43. The fourth-order valence-electron chi connectivity index (χ4n) is 8.07. The van der Waals surface area contributed by atoms with Crippen molar-refractivity contribution in [2.24, 2.45) is 34.0 Å². The van der Waals surface area contributed by atoms with Crippen molar-refractivity contribution >= 4 is 17.7 Å². The maximum absolute atomic E-state index is 13.9. The van der Waals surface area contributed by atoms with Gasteiger partial charge >= 0.3 is 11.9 Å². The molecule has 2 bridgehead atoms. The standard InChI is InChI=1S/C25H28N2O7/c1-12-13-4-5-15-24-11-32-21(30)17(24)23(2,3)7-6-16(24)33-22(31)25(15,18(12)28)19(13)34-20(29)14-10-26-8-9-27-14/h8-10,13,15-17,19,21,30H,1,4-7,11H2,2-3H3/t13-,15-,16-,17?,19+,21?,24?,25?/m0/s1. The number of carbonyl (C=O) groups is 3. The van der Waals surface area contributed by atoms with Crippen molar-refractivity contribution in [3.63, 3.8) is 0 Å². The first kappa shape index (κ1) is 21.9. The molecule has 4 unspecified atom stereocenters. The van der Waals surface area contributed by atoms with E-state index in [-0.39, 0.29) is 29.2 Å². The van der Waals surface area contributed by atoms with Crippen LogP contribution in [0.2, 0.25) is 0 Å². The van der Waals surface area contributed by atoms with Gasteiger partial charge in [-0.05, 0) is 42.6 Å². The number of nitrogens with zero attached hydrogens (tertiary/aromatic N) is 2. The van der Waals surface area contributed by atoms with E-state index in [1.165, 1.54) is 18.6 Å². The van der Waals surface area contributed by atoms with Crippen LogP contribution in [0.25, 0.3) is 0 Å². The van der Waals surface area contributed by atoms with Crippen molar-refractivity contribution in [3.8, 4) is 0 Å². The summed E-state index contributed by atoms with van der Waals surface area (Å²) in [6, 6.07) is 0. The Morgan fingerprint density at radius 3 is 2.76 bits per heavy atom. The van der Waals surface area contributed by atoms with Gasteiger partial charge in [0.25, 0.3) is 0 Å². The molecule has 180 valence electrons. The van der Waals surface area contributed by atoms with Crippen molar-refractivity contribution < 1.29 is 33.7 Å². The van der Waals surface area contributed by atoms with Gasteiger partial charge in [-0.15, -0.1) is 0 Å². The van der Waals surface area contributed by atoms with Crippen LogP contribution in [0, 0.1) is 34.0 Å². The number of esters is 2. The topological polar surface area (TPSA) is 125 Å². The van der Waals surface area contributed by atoms with Crippen molar-refractivity contribution in [2.75, 3.05) is 6.61 Å². The molecule has 6 rings (SSSR count). The Labute approximate surface area is 196 Å². The number of ether oxygens (including phenoxy) is 3. The fourth-order valence-corrected chi connectivity index (χ4v) is 8.07. The smallest absolute Gasteiger partial charge is 0.358 e. The molecule has 2 saturated heterocycles. The van der Waals surface area contributed by atoms with Gasteiger partial charge in [0.1, 0.15) is 12.2 Å². The molecule has 3 aliphatic carbocycles. The zero-order valence-electron chi connectivity index (χ0n) is 19.2. The van der Waals surface area contributed by atoms with Gasteiger partial charge in [0, 0.05) is 29.6 Å². The predicted molar refractivity (Wildman–Crippen MR) is 115 cm³/mol. The van der Waals surface area contributed by atoms with Gasteiger partial charge in [0.05, 0.1) is 12.8 Å². The van der Waals surface area contributed by atoms with Crippen molar-refractivity contribution in [2.45, 2.75) is 58.0 Å². The van der Waals surface area contributed by atoms with Gasteiger partial charge in [0.2, 0.25) is 0 Å². The minimum absolute atomic E-state index is 0.00463. The first-order valence-electron chi connectivity index (χ1n) is 11.9. The maximum Gasteiger partial charge on any atom is 0.358 e. The summed E-state index contributed by atoms with van der Waals surface area (Å²) < 4.78 is 17.8. The number of fused-ring (bicyclic) bond motifs is 1. The molecule has 3 heterocycles. The first-order chi connectivity index (χ1) is 16.2. The molecule has 1 aromatic rings. The number of aliphatic hydroxyl groups excluding tert-OH is 1. The summed E-state index contributed by atoms with van der Waals surface area (Å²) in [5.41, 5.74) is -2.46. The van der Waals surface area contributed by atoms with Crippen LogP contribution in [0.5, 0.6) is 0 Å². The summed E-state index contributed by atoms with van der Waals surface area (Å²) in [5.74, 6) is -3.14. The molecule has 2 spiro atoms. The minimum atomic E-state index is -1.70. The van der Waals surface area contributed by atoms with E-state index < -0.39 is 58.9 Å². The van der Waals surface area contributed by atoms with E-state index in [9.17, 15) is 19.5 Å². The Bertz CT molecular complexity index is 1100. The number of hydrogen-bond donors (Lipinski definition) is 1. The Morgan fingerprint density at radius 1 is 1.24 bits per heavy atom. The second-order valence-corrected chi connectivity index (χ2v) is 11.1. The molecule has 8 atom stereocenters. The third-order valence-electron chi connectivity index (χ3n) is 9.35. The normalized spacial score (nSPS) is 44.0. The molecule has 1 N–H and O–H groups in total. The molecule has 2 aliphatic heterocycles. The number of hydrogen-bond acceptors (Lipinski definition) is 9. The molecule has 5 fully saturated rings. The lowest BCUT2D eigenvalue weighted by molar-refractivity contribution is -0.249. The van der Waals surface area contributed by atoms with Crippen LogP contribution in [0.1, 0.15) is 50.0 Å². The van der Waals surface area contributed by atoms with E-state index in [0.29, 0.717) is 19.3 Å². The number of aliphatic hydroxyl groups is 1. The van der Waals surface area contributed by atoms with E-state index in [0.717, 1.165) is 6.42 Å². The third kappa shape index (κ3) is 2.44. The summed E-state index contributed by atoms with van der Waals surface area (Å²) in [4.78, 5) is 48.6. The number of Topliss-reactive ketones (excluding diaryl/α,β-unsaturated/α-hetero) is 1. The van der Waals surface area contributed by atoms with Gasteiger partial charge in [-0.3, -0.25) is 14.6 Å². The lowest BCUT2D eigenvalue weighted by Gasteiger charge is -2.62. The second kappa shape index (κ2) is 6.95. The number of aromatic nitrogens is 2. The van der Waals surface area contributed by atoms with Gasteiger partial charge in [0.15, 0.2) is 23.2 Å². The molecule has 0 aromatic carbocycles.